The van der Waals surface area contributed by atoms with Crippen molar-refractivity contribution in [2.75, 3.05) is 7.05 Å². The van der Waals surface area contributed by atoms with Gasteiger partial charge in [-0.3, -0.25) is 5.41 Å². The van der Waals surface area contributed by atoms with Crippen LogP contribution < -0.4 is 5.32 Å². The average Bonchev–Trinajstić information content (AvgIpc) is 2.83. The van der Waals surface area contributed by atoms with Crippen molar-refractivity contribution in [3.05, 3.63) is 11.8 Å². The van der Waals surface area contributed by atoms with E-state index in [1.54, 1.807) is 0 Å². The van der Waals surface area contributed by atoms with Gasteiger partial charge in [0.25, 0.3) is 0 Å². The molecule has 1 rings (SSSR count). The van der Waals surface area contributed by atoms with E-state index < -0.39 is 0 Å². The molecule has 0 amide bonds. The second-order valence-corrected chi connectivity index (χ2v) is 2.96. The van der Waals surface area contributed by atoms with Crippen LogP contribution in [-0.2, 0) is 4.74 Å². The molecule has 0 bridgehead atoms. The van der Waals surface area contributed by atoms with E-state index in [-0.39, 0.29) is 0 Å². The minimum atomic E-state index is 0.323. The predicted octanol–water partition coefficient (Wildman–Crippen LogP) is 1.66. The van der Waals surface area contributed by atoms with Crippen molar-refractivity contribution in [1.82, 2.24) is 5.32 Å². The monoisotopic (exact) mass is 168 g/mol. The van der Waals surface area contributed by atoms with Crippen LogP contribution in [0.25, 0.3) is 0 Å². The van der Waals surface area contributed by atoms with Gasteiger partial charge in [-0.05, 0) is 19.3 Å². The van der Waals surface area contributed by atoms with Gasteiger partial charge in [-0.2, -0.15) is 0 Å². The topological polar surface area (TPSA) is 45.1 Å². The normalized spacial score (nSPS) is 17.3. The van der Waals surface area contributed by atoms with Gasteiger partial charge in [-0.1, -0.05) is 6.92 Å². The molecule has 0 unspecified atom stereocenters. The summed E-state index contributed by atoms with van der Waals surface area (Å²) in [4.78, 5) is 0. The molecule has 0 heterocycles. The molecule has 1 aliphatic carbocycles. The summed E-state index contributed by atoms with van der Waals surface area (Å²) in [6.07, 6.45) is 5.21. The molecule has 1 fully saturated rings. The van der Waals surface area contributed by atoms with Gasteiger partial charge in [0.05, 0.1) is 0 Å². The molecule has 3 heteroatoms. The number of rotatable bonds is 4. The van der Waals surface area contributed by atoms with E-state index in [2.05, 4.69) is 5.32 Å². The van der Waals surface area contributed by atoms with Gasteiger partial charge in [0, 0.05) is 18.8 Å². The van der Waals surface area contributed by atoms with Crippen molar-refractivity contribution in [2.24, 2.45) is 0 Å². The first-order valence-electron chi connectivity index (χ1n) is 4.39. The molecule has 0 aromatic heterocycles. The van der Waals surface area contributed by atoms with Crippen LogP contribution in [-0.4, -0.2) is 19.0 Å². The highest BCUT2D eigenvalue weighted by Gasteiger charge is 2.25. The maximum atomic E-state index is 7.59. The first kappa shape index (κ1) is 9.10. The highest BCUT2D eigenvalue weighted by molar-refractivity contribution is 5.90. The van der Waals surface area contributed by atoms with Crippen molar-refractivity contribution in [2.45, 2.75) is 32.3 Å². The number of nitrogens with one attached hydrogen (secondary N) is 2. The van der Waals surface area contributed by atoms with E-state index in [4.69, 9.17) is 10.1 Å². The average molecular weight is 168 g/mol. The fourth-order valence-corrected chi connectivity index (χ4v) is 0.931. The first-order valence-corrected chi connectivity index (χ1v) is 4.39. The Bertz CT molecular complexity index is 195. The molecular weight excluding hydrogens is 152 g/mol. The van der Waals surface area contributed by atoms with Crippen LogP contribution in [0.15, 0.2) is 11.8 Å². The summed E-state index contributed by atoms with van der Waals surface area (Å²) in [5.41, 5.74) is 0.935. The molecule has 0 saturated heterocycles. The van der Waals surface area contributed by atoms with Gasteiger partial charge in [0.2, 0.25) is 5.90 Å². The Morgan fingerprint density at radius 1 is 1.67 bits per heavy atom. The number of ether oxygens (including phenoxy) is 1. The summed E-state index contributed by atoms with van der Waals surface area (Å²) in [6.45, 7) is 2.02. The Hall–Kier alpha value is -0.990. The fourth-order valence-electron chi connectivity index (χ4n) is 0.931. The standard InChI is InChI=1S/C9H16N2O/c1-3-7(6-11-2)9(10)12-8-4-5-8/h6,8,10-11H,3-5H2,1-2H3/b7-6+,10-9?. The summed E-state index contributed by atoms with van der Waals surface area (Å²) in [7, 11) is 1.83. The van der Waals surface area contributed by atoms with Crippen molar-refractivity contribution in [1.29, 1.82) is 5.41 Å². The van der Waals surface area contributed by atoms with E-state index in [1.807, 2.05) is 20.2 Å². The third-order valence-corrected chi connectivity index (χ3v) is 1.80. The SMILES string of the molecule is CC/C(=C\NC)C(=N)OC1CC1. The fraction of sp³-hybridized carbons (Fsp3) is 0.667. The third kappa shape index (κ3) is 2.57. The van der Waals surface area contributed by atoms with Crippen LogP contribution in [0.3, 0.4) is 0 Å². The lowest BCUT2D eigenvalue weighted by Crippen LogP contribution is -2.10. The molecule has 0 aromatic rings. The third-order valence-electron chi connectivity index (χ3n) is 1.80. The molecule has 0 radical (unpaired) electrons. The second kappa shape index (κ2) is 4.14. The van der Waals surface area contributed by atoms with Gasteiger partial charge in [0.1, 0.15) is 6.10 Å². The maximum Gasteiger partial charge on any atom is 0.210 e. The summed E-state index contributed by atoms with van der Waals surface area (Å²) in [5, 5.41) is 10.5. The van der Waals surface area contributed by atoms with Gasteiger partial charge in [-0.25, -0.2) is 0 Å². The highest BCUT2D eigenvalue weighted by Crippen LogP contribution is 2.24. The van der Waals surface area contributed by atoms with E-state index in [0.717, 1.165) is 24.8 Å². The van der Waals surface area contributed by atoms with Gasteiger partial charge >= 0.3 is 0 Å². The lowest BCUT2D eigenvalue weighted by atomic mass is 10.2. The van der Waals surface area contributed by atoms with E-state index in [9.17, 15) is 0 Å². The molecule has 0 aromatic carbocycles. The molecule has 12 heavy (non-hydrogen) atoms. The van der Waals surface area contributed by atoms with Crippen molar-refractivity contribution >= 4 is 5.90 Å². The van der Waals surface area contributed by atoms with Crippen LogP contribution in [0.1, 0.15) is 26.2 Å². The van der Waals surface area contributed by atoms with Crippen molar-refractivity contribution in [3.63, 3.8) is 0 Å². The first-order chi connectivity index (χ1) is 5.77. The number of hydrogen-bond donors (Lipinski definition) is 2. The van der Waals surface area contributed by atoms with Gasteiger partial charge in [0.15, 0.2) is 0 Å². The predicted molar refractivity (Wildman–Crippen MR) is 49.3 cm³/mol. The Kier molecular flexibility index (Phi) is 3.14. The maximum absolute atomic E-state index is 7.59. The quantitative estimate of drug-likeness (QED) is 0.495. The Morgan fingerprint density at radius 3 is 2.75 bits per heavy atom. The minimum absolute atomic E-state index is 0.323. The zero-order valence-corrected chi connectivity index (χ0v) is 7.68. The van der Waals surface area contributed by atoms with Gasteiger partial charge in [-0.15, -0.1) is 0 Å². The lowest BCUT2D eigenvalue weighted by molar-refractivity contribution is 0.286. The van der Waals surface area contributed by atoms with Crippen LogP contribution in [0.5, 0.6) is 0 Å². The zero-order chi connectivity index (χ0) is 8.97. The molecule has 0 atom stereocenters. The highest BCUT2D eigenvalue weighted by atomic mass is 16.5. The Balaban J connectivity index is 2.40. The largest absolute Gasteiger partial charge is 0.475 e. The van der Waals surface area contributed by atoms with E-state index in [1.165, 1.54) is 0 Å². The molecule has 0 spiro atoms. The zero-order valence-electron chi connectivity index (χ0n) is 7.68. The summed E-state index contributed by atoms with van der Waals surface area (Å²) in [5.74, 6) is 0.328. The Labute approximate surface area is 73.3 Å². The van der Waals surface area contributed by atoms with Crippen LogP contribution in [0.4, 0.5) is 0 Å². The minimum Gasteiger partial charge on any atom is -0.475 e. The second-order valence-electron chi connectivity index (χ2n) is 2.96. The summed E-state index contributed by atoms with van der Waals surface area (Å²) >= 11 is 0. The lowest BCUT2D eigenvalue weighted by Gasteiger charge is -2.07. The molecule has 2 N–H and O–H groups in total. The summed E-state index contributed by atoms with van der Waals surface area (Å²) < 4.78 is 5.34. The van der Waals surface area contributed by atoms with Crippen molar-refractivity contribution in [3.8, 4) is 0 Å². The molecular formula is C9H16N2O. The van der Waals surface area contributed by atoms with E-state index in [0.29, 0.717) is 12.0 Å². The molecule has 1 aliphatic rings. The van der Waals surface area contributed by atoms with Crippen LogP contribution >= 0.6 is 0 Å². The number of hydrogen-bond acceptors (Lipinski definition) is 3. The Morgan fingerprint density at radius 2 is 2.33 bits per heavy atom. The van der Waals surface area contributed by atoms with Crippen LogP contribution in [0, 0.1) is 5.41 Å². The summed E-state index contributed by atoms with van der Waals surface area (Å²) in [6, 6.07) is 0. The van der Waals surface area contributed by atoms with Gasteiger partial charge < -0.3 is 10.1 Å². The smallest absolute Gasteiger partial charge is 0.210 e. The van der Waals surface area contributed by atoms with Crippen LogP contribution in [0.2, 0.25) is 0 Å². The van der Waals surface area contributed by atoms with E-state index >= 15 is 0 Å². The molecule has 1 saturated carbocycles. The molecule has 3 nitrogen and oxygen atoms in total. The van der Waals surface area contributed by atoms with Crippen molar-refractivity contribution < 1.29 is 4.74 Å². The molecule has 0 aliphatic heterocycles. The molecule has 68 valence electrons.